The normalized spacial score (nSPS) is 17.3. The molecule has 23 heavy (non-hydrogen) atoms. The molecule has 0 amide bonds. The summed E-state index contributed by atoms with van der Waals surface area (Å²) in [4.78, 5) is 39.1. The van der Waals surface area contributed by atoms with Gasteiger partial charge in [-0.05, 0) is 25.3 Å². The van der Waals surface area contributed by atoms with Gasteiger partial charge in [0.2, 0.25) is 0 Å². The molecule has 1 aromatic heterocycles. The lowest BCUT2D eigenvalue weighted by atomic mass is 9.74. The van der Waals surface area contributed by atoms with Gasteiger partial charge in [0, 0.05) is 18.5 Å². The van der Waals surface area contributed by atoms with Gasteiger partial charge in [0.1, 0.15) is 5.56 Å². The zero-order chi connectivity index (χ0) is 17.4. The van der Waals surface area contributed by atoms with Crippen molar-refractivity contribution < 1.29 is 24.2 Å². The van der Waals surface area contributed by atoms with E-state index in [4.69, 9.17) is 4.74 Å². The summed E-state index contributed by atoms with van der Waals surface area (Å²) in [6, 6.07) is 0. The van der Waals surface area contributed by atoms with E-state index >= 15 is 0 Å². The number of carbonyl (C=O) groups excluding carboxylic acids is 3. The number of aromatic amines is 1. The fourth-order valence-corrected chi connectivity index (χ4v) is 2.78. The van der Waals surface area contributed by atoms with Crippen LogP contribution in [0.25, 0.3) is 6.08 Å². The number of aromatic nitrogens is 1. The Labute approximate surface area is 134 Å². The second kappa shape index (κ2) is 6.02. The van der Waals surface area contributed by atoms with E-state index < -0.39 is 5.97 Å². The molecule has 2 N–H and O–H groups in total. The van der Waals surface area contributed by atoms with Gasteiger partial charge in [0.15, 0.2) is 17.3 Å². The van der Waals surface area contributed by atoms with Crippen molar-refractivity contribution in [1.29, 1.82) is 0 Å². The molecule has 1 aromatic rings. The molecule has 0 spiro atoms. The summed E-state index contributed by atoms with van der Waals surface area (Å²) in [5, 5.41) is 10.2. The second-order valence-electron chi connectivity index (χ2n) is 6.53. The molecule has 124 valence electrons. The van der Waals surface area contributed by atoms with Crippen molar-refractivity contribution in [2.75, 3.05) is 6.61 Å². The Morgan fingerprint density at radius 3 is 2.39 bits per heavy atom. The Kier molecular flexibility index (Phi) is 4.45. The van der Waals surface area contributed by atoms with Gasteiger partial charge in [-0.15, -0.1) is 0 Å². The van der Waals surface area contributed by atoms with Gasteiger partial charge in [0.25, 0.3) is 0 Å². The molecule has 0 aliphatic heterocycles. The molecule has 0 radical (unpaired) electrons. The number of aryl methyl sites for hydroxylation is 1. The molecule has 1 aliphatic carbocycles. The van der Waals surface area contributed by atoms with E-state index in [0.717, 1.165) is 0 Å². The van der Waals surface area contributed by atoms with Crippen molar-refractivity contribution in [3.8, 4) is 5.75 Å². The number of aromatic hydroxyl groups is 1. The Hall–Kier alpha value is -2.37. The largest absolute Gasteiger partial charge is 0.505 e. The molecule has 0 bridgehead atoms. The highest BCUT2D eigenvalue weighted by Crippen LogP contribution is 2.35. The van der Waals surface area contributed by atoms with Crippen molar-refractivity contribution in [3.05, 3.63) is 22.5 Å². The monoisotopic (exact) mass is 319 g/mol. The number of Topliss-reactive ketones (excluding diaryl/α,β-unsaturated/α-hetero) is 2. The van der Waals surface area contributed by atoms with E-state index in [1.54, 1.807) is 13.8 Å². The molecule has 1 saturated carbocycles. The standard InChI is InChI=1S/C17H21NO5/c1-5-23-16(22)14-9(2)18-11(15(14)21)6-10-12(19)7-17(3,4)8-13(10)20/h6,18,21H,5,7-8H2,1-4H3. The lowest BCUT2D eigenvalue weighted by molar-refractivity contribution is -0.127. The number of carbonyl (C=O) groups is 3. The number of ketones is 2. The predicted octanol–water partition coefficient (Wildman–Crippen LogP) is 2.55. The van der Waals surface area contributed by atoms with Crippen LogP contribution in [-0.4, -0.2) is 34.2 Å². The van der Waals surface area contributed by atoms with Gasteiger partial charge in [-0.25, -0.2) is 4.79 Å². The lowest BCUT2D eigenvalue weighted by Gasteiger charge is -2.28. The lowest BCUT2D eigenvalue weighted by Crippen LogP contribution is -2.31. The number of allylic oxidation sites excluding steroid dienone is 1. The van der Waals surface area contributed by atoms with Crippen molar-refractivity contribution in [2.45, 2.75) is 40.5 Å². The van der Waals surface area contributed by atoms with E-state index in [9.17, 15) is 19.5 Å². The molecule has 1 aliphatic rings. The molecular weight excluding hydrogens is 298 g/mol. The number of H-pyrrole nitrogens is 1. The highest BCUT2D eigenvalue weighted by atomic mass is 16.5. The maximum atomic E-state index is 12.2. The molecule has 1 heterocycles. The summed E-state index contributed by atoms with van der Waals surface area (Å²) >= 11 is 0. The van der Waals surface area contributed by atoms with Gasteiger partial charge in [-0.3, -0.25) is 9.59 Å². The van der Waals surface area contributed by atoms with E-state index in [2.05, 4.69) is 4.98 Å². The summed E-state index contributed by atoms with van der Waals surface area (Å²) in [5.74, 6) is -1.46. The Morgan fingerprint density at radius 2 is 1.87 bits per heavy atom. The summed E-state index contributed by atoms with van der Waals surface area (Å²) < 4.78 is 4.89. The highest BCUT2D eigenvalue weighted by molar-refractivity contribution is 6.25. The van der Waals surface area contributed by atoms with Crippen LogP contribution in [0.4, 0.5) is 0 Å². The quantitative estimate of drug-likeness (QED) is 0.507. The van der Waals surface area contributed by atoms with Crippen LogP contribution in [0.5, 0.6) is 5.75 Å². The predicted molar refractivity (Wildman–Crippen MR) is 84.2 cm³/mol. The van der Waals surface area contributed by atoms with Crippen molar-refractivity contribution in [1.82, 2.24) is 4.98 Å². The van der Waals surface area contributed by atoms with Crippen LogP contribution >= 0.6 is 0 Å². The number of hydrogen-bond acceptors (Lipinski definition) is 5. The van der Waals surface area contributed by atoms with Gasteiger partial charge < -0.3 is 14.8 Å². The van der Waals surface area contributed by atoms with E-state index in [1.807, 2.05) is 13.8 Å². The maximum absolute atomic E-state index is 12.2. The van der Waals surface area contributed by atoms with Crippen LogP contribution in [0.2, 0.25) is 0 Å². The Morgan fingerprint density at radius 1 is 1.30 bits per heavy atom. The topological polar surface area (TPSA) is 96.5 Å². The Balaban J connectivity index is 2.41. The van der Waals surface area contributed by atoms with Crippen LogP contribution in [-0.2, 0) is 14.3 Å². The third-order valence-electron chi connectivity index (χ3n) is 3.84. The summed E-state index contributed by atoms with van der Waals surface area (Å²) in [6.45, 7) is 7.21. The number of nitrogens with one attached hydrogen (secondary N) is 1. The van der Waals surface area contributed by atoms with E-state index in [-0.39, 0.29) is 59.0 Å². The summed E-state index contributed by atoms with van der Waals surface area (Å²) in [7, 11) is 0. The third-order valence-corrected chi connectivity index (χ3v) is 3.84. The van der Waals surface area contributed by atoms with Crippen LogP contribution < -0.4 is 0 Å². The maximum Gasteiger partial charge on any atom is 0.343 e. The molecule has 0 saturated heterocycles. The first-order valence-corrected chi connectivity index (χ1v) is 7.53. The first kappa shape index (κ1) is 17.0. The average molecular weight is 319 g/mol. The smallest absolute Gasteiger partial charge is 0.343 e. The minimum Gasteiger partial charge on any atom is -0.505 e. The molecule has 0 unspecified atom stereocenters. The number of rotatable bonds is 3. The molecule has 1 fully saturated rings. The van der Waals surface area contributed by atoms with E-state index in [1.165, 1.54) is 6.08 Å². The molecule has 6 heteroatoms. The van der Waals surface area contributed by atoms with Crippen LogP contribution in [0.3, 0.4) is 0 Å². The van der Waals surface area contributed by atoms with Crippen molar-refractivity contribution in [2.24, 2.45) is 5.41 Å². The van der Waals surface area contributed by atoms with Gasteiger partial charge >= 0.3 is 5.97 Å². The first-order chi connectivity index (χ1) is 10.7. The highest BCUT2D eigenvalue weighted by Gasteiger charge is 2.36. The zero-order valence-electron chi connectivity index (χ0n) is 13.8. The summed E-state index contributed by atoms with van der Waals surface area (Å²) in [6.07, 6.45) is 1.87. The van der Waals surface area contributed by atoms with Crippen molar-refractivity contribution >= 4 is 23.6 Å². The minimum absolute atomic E-state index is 0.0229. The minimum atomic E-state index is -0.647. The number of hydrogen-bond donors (Lipinski definition) is 2. The fraction of sp³-hybridized carbons (Fsp3) is 0.471. The van der Waals surface area contributed by atoms with Crippen LogP contribution in [0, 0.1) is 12.3 Å². The fourth-order valence-electron chi connectivity index (χ4n) is 2.78. The molecule has 0 aromatic carbocycles. The molecule has 2 rings (SSSR count). The van der Waals surface area contributed by atoms with E-state index in [0.29, 0.717) is 5.69 Å². The van der Waals surface area contributed by atoms with Crippen molar-refractivity contribution in [3.63, 3.8) is 0 Å². The van der Waals surface area contributed by atoms with Gasteiger partial charge in [-0.2, -0.15) is 0 Å². The van der Waals surface area contributed by atoms with Gasteiger partial charge in [-0.1, -0.05) is 13.8 Å². The van der Waals surface area contributed by atoms with Gasteiger partial charge in [0.05, 0.1) is 17.9 Å². The van der Waals surface area contributed by atoms with Crippen LogP contribution in [0.1, 0.15) is 55.4 Å². The SMILES string of the molecule is CCOC(=O)c1c(C)[nH]c(C=C2C(=O)CC(C)(C)CC2=O)c1O. The van der Waals surface area contributed by atoms with Crippen LogP contribution in [0.15, 0.2) is 5.57 Å². The molecular formula is C17H21NO5. The first-order valence-electron chi connectivity index (χ1n) is 7.53. The second-order valence-corrected chi connectivity index (χ2v) is 6.53. The number of ether oxygens (including phenoxy) is 1. The third kappa shape index (κ3) is 3.36. The summed E-state index contributed by atoms with van der Waals surface area (Å²) in [5.41, 5.74) is 0.312. The Bertz CT molecular complexity index is 687. The average Bonchev–Trinajstić information content (AvgIpc) is 2.68. The molecule has 0 atom stereocenters. The zero-order valence-corrected chi connectivity index (χ0v) is 13.8. The molecule has 6 nitrogen and oxygen atoms in total. The number of esters is 1.